The average molecular weight is 558 g/mol. The summed E-state index contributed by atoms with van der Waals surface area (Å²) >= 11 is 0. The monoisotopic (exact) mass is 557 g/mol. The maximum Gasteiger partial charge on any atom is 0.268 e. The summed E-state index contributed by atoms with van der Waals surface area (Å²) in [4.78, 5) is 0.224. The molecule has 0 aliphatic heterocycles. The van der Waals surface area contributed by atoms with E-state index in [9.17, 15) is 8.42 Å². The second-order valence-electron chi connectivity index (χ2n) is 9.26. The first-order valence-electron chi connectivity index (χ1n) is 12.7. The number of methoxy groups -OCH3 is 4. The lowest BCUT2D eigenvalue weighted by molar-refractivity contribution is 0.354. The second-order valence-corrected chi connectivity index (χ2v) is 11.0. The molecule has 0 saturated heterocycles. The van der Waals surface area contributed by atoms with E-state index in [1.807, 2.05) is 60.7 Å². The van der Waals surface area contributed by atoms with Gasteiger partial charge in [-0.25, -0.2) is 12.4 Å². The van der Waals surface area contributed by atoms with Crippen molar-refractivity contribution in [2.45, 2.75) is 17.7 Å². The van der Waals surface area contributed by atoms with Crippen LogP contribution in [0.4, 0.5) is 0 Å². The van der Waals surface area contributed by atoms with Crippen molar-refractivity contribution in [3.8, 4) is 23.0 Å². The molecule has 0 bridgehead atoms. The zero-order valence-electron chi connectivity index (χ0n) is 22.9. The van der Waals surface area contributed by atoms with Gasteiger partial charge in [-0.2, -0.15) is 0 Å². The van der Waals surface area contributed by atoms with Gasteiger partial charge in [-0.15, -0.1) is 0 Å². The summed E-state index contributed by atoms with van der Waals surface area (Å²) in [5.74, 6) is 2.43. The zero-order chi connectivity index (χ0) is 28.3. The number of nitrogens with zero attached hydrogens (tertiary/aromatic N) is 1. The van der Waals surface area contributed by atoms with Gasteiger partial charge in [0.15, 0.2) is 23.0 Å². The van der Waals surface area contributed by atoms with Gasteiger partial charge in [0.1, 0.15) is 0 Å². The Hall–Kier alpha value is -4.43. The summed E-state index contributed by atoms with van der Waals surface area (Å²) < 4.78 is 51.8. The Bertz CT molecular complexity index is 1760. The molecule has 206 valence electrons. The lowest BCUT2D eigenvalue weighted by Crippen LogP contribution is -2.17. The fraction of sp³-hybridized carbons (Fsp3) is 0.188. The molecule has 1 aromatic heterocycles. The number of hydrogen-bond acceptors (Lipinski definition) is 6. The number of benzene rings is 4. The summed E-state index contributed by atoms with van der Waals surface area (Å²) in [6, 6.07) is 27.5. The fourth-order valence-corrected chi connectivity index (χ4v) is 6.65. The van der Waals surface area contributed by atoms with Crippen LogP contribution >= 0.6 is 0 Å². The zero-order valence-corrected chi connectivity index (χ0v) is 23.7. The lowest BCUT2D eigenvalue weighted by atomic mass is 9.98. The molecule has 5 aromatic rings. The van der Waals surface area contributed by atoms with E-state index in [-0.39, 0.29) is 4.90 Å². The maximum atomic E-state index is 14.2. The van der Waals surface area contributed by atoms with Crippen molar-refractivity contribution in [3.05, 3.63) is 113 Å². The minimum Gasteiger partial charge on any atom is -0.493 e. The quantitative estimate of drug-likeness (QED) is 0.207. The van der Waals surface area contributed by atoms with Crippen LogP contribution in [0.25, 0.3) is 10.9 Å². The number of aromatic nitrogens is 1. The first-order valence-corrected chi connectivity index (χ1v) is 14.2. The molecular weight excluding hydrogens is 526 g/mol. The Balaban J connectivity index is 1.75. The molecule has 0 fully saturated rings. The average Bonchev–Trinajstić information content (AvgIpc) is 3.30. The van der Waals surface area contributed by atoms with E-state index in [4.69, 9.17) is 18.9 Å². The van der Waals surface area contributed by atoms with Crippen molar-refractivity contribution in [1.82, 2.24) is 3.97 Å². The normalized spacial score (nSPS) is 11.4. The summed E-state index contributed by atoms with van der Waals surface area (Å²) in [6.07, 6.45) is 0.838. The van der Waals surface area contributed by atoms with Crippen LogP contribution in [0.1, 0.15) is 22.4 Å². The molecule has 0 atom stereocenters. The second kappa shape index (κ2) is 11.4. The molecule has 4 aromatic carbocycles. The Morgan fingerprint density at radius 2 is 1.12 bits per heavy atom. The molecule has 0 unspecified atom stereocenters. The lowest BCUT2D eigenvalue weighted by Gasteiger charge is -2.15. The van der Waals surface area contributed by atoms with Gasteiger partial charge in [-0.1, -0.05) is 48.5 Å². The molecule has 0 radical (unpaired) electrons. The number of ether oxygens (including phenoxy) is 4. The highest BCUT2D eigenvalue weighted by Gasteiger charge is 2.27. The summed E-state index contributed by atoms with van der Waals surface area (Å²) in [6.45, 7) is 0. The van der Waals surface area contributed by atoms with Gasteiger partial charge >= 0.3 is 0 Å². The highest BCUT2D eigenvalue weighted by molar-refractivity contribution is 7.90. The van der Waals surface area contributed by atoms with Crippen molar-refractivity contribution in [3.63, 3.8) is 0 Å². The third-order valence-corrected chi connectivity index (χ3v) is 8.74. The molecule has 0 N–H and O–H groups in total. The molecule has 0 saturated carbocycles. The van der Waals surface area contributed by atoms with Gasteiger partial charge in [0, 0.05) is 23.9 Å². The Labute approximate surface area is 234 Å². The fourth-order valence-electron chi connectivity index (χ4n) is 5.06. The summed E-state index contributed by atoms with van der Waals surface area (Å²) in [5, 5.41) is 0.868. The first kappa shape index (κ1) is 27.1. The molecule has 0 spiro atoms. The molecular formula is C32H31NO6S. The van der Waals surface area contributed by atoms with Gasteiger partial charge in [0.05, 0.1) is 38.9 Å². The van der Waals surface area contributed by atoms with Gasteiger partial charge in [0.25, 0.3) is 10.0 Å². The minimum atomic E-state index is -3.92. The van der Waals surface area contributed by atoms with Crippen molar-refractivity contribution in [2.24, 2.45) is 0 Å². The molecule has 0 amide bonds. The van der Waals surface area contributed by atoms with Crippen molar-refractivity contribution in [2.75, 3.05) is 28.4 Å². The Morgan fingerprint density at radius 1 is 0.600 bits per heavy atom. The SMILES string of the molecule is COc1ccc(Cc2c(Cc3ccc(OC)c(OC)c3)n(S(=O)(=O)c3ccccc3)c3ccccc23)cc1OC. The number of fused-ring (bicyclic) bond motifs is 1. The number of para-hydroxylation sites is 1. The Kier molecular flexibility index (Phi) is 7.71. The van der Waals surface area contributed by atoms with Crippen LogP contribution in [-0.4, -0.2) is 40.8 Å². The van der Waals surface area contributed by atoms with Crippen molar-refractivity contribution in [1.29, 1.82) is 0 Å². The third kappa shape index (κ3) is 4.98. The van der Waals surface area contributed by atoms with Gasteiger partial charge in [-0.05, 0) is 59.2 Å². The Morgan fingerprint density at radius 3 is 1.70 bits per heavy atom. The van der Waals surface area contributed by atoms with E-state index in [1.165, 1.54) is 3.97 Å². The van der Waals surface area contributed by atoms with Gasteiger partial charge in [-0.3, -0.25) is 0 Å². The minimum absolute atomic E-state index is 0.224. The van der Waals surface area contributed by atoms with E-state index < -0.39 is 10.0 Å². The van der Waals surface area contributed by atoms with E-state index in [2.05, 4.69) is 0 Å². The highest BCUT2D eigenvalue weighted by Crippen LogP contribution is 2.36. The smallest absolute Gasteiger partial charge is 0.268 e. The largest absolute Gasteiger partial charge is 0.493 e. The summed E-state index contributed by atoms with van der Waals surface area (Å²) in [7, 11) is 2.44. The van der Waals surface area contributed by atoms with Crippen LogP contribution in [0.3, 0.4) is 0 Å². The van der Waals surface area contributed by atoms with E-state index in [0.29, 0.717) is 47.1 Å². The van der Waals surface area contributed by atoms with Gasteiger partial charge in [0.2, 0.25) is 0 Å². The van der Waals surface area contributed by atoms with Crippen LogP contribution in [0, 0.1) is 0 Å². The van der Waals surface area contributed by atoms with E-state index in [1.54, 1.807) is 58.8 Å². The molecule has 40 heavy (non-hydrogen) atoms. The number of hydrogen-bond donors (Lipinski definition) is 0. The molecule has 8 heteroatoms. The molecule has 5 rings (SSSR count). The maximum absolute atomic E-state index is 14.2. The topological polar surface area (TPSA) is 76.0 Å². The predicted octanol–water partition coefficient (Wildman–Crippen LogP) is 6.09. The van der Waals surface area contributed by atoms with Crippen molar-refractivity contribution < 1.29 is 27.4 Å². The summed E-state index contributed by atoms with van der Waals surface area (Å²) in [5.41, 5.74) is 4.06. The molecule has 1 heterocycles. The van der Waals surface area contributed by atoms with Crippen LogP contribution < -0.4 is 18.9 Å². The van der Waals surface area contributed by atoms with Crippen molar-refractivity contribution >= 4 is 20.9 Å². The standard InChI is InChI=1S/C32H31NO6S/c1-36-29-16-14-22(20-31(29)38-3)18-26-25-12-8-9-13-27(25)33(40(34,35)24-10-6-5-7-11-24)28(26)19-23-15-17-30(37-2)32(21-23)39-4/h5-17,20-21H,18-19H2,1-4H3. The highest BCUT2D eigenvalue weighted by atomic mass is 32.2. The van der Waals surface area contributed by atoms with Gasteiger partial charge < -0.3 is 18.9 Å². The molecule has 0 aliphatic rings. The third-order valence-electron chi connectivity index (χ3n) is 6.97. The first-order chi connectivity index (χ1) is 19.4. The van der Waals surface area contributed by atoms with E-state index in [0.717, 1.165) is 22.1 Å². The van der Waals surface area contributed by atoms with Crippen LogP contribution in [0.5, 0.6) is 23.0 Å². The molecule has 7 nitrogen and oxygen atoms in total. The van der Waals surface area contributed by atoms with Crippen LogP contribution in [-0.2, 0) is 22.9 Å². The van der Waals surface area contributed by atoms with E-state index >= 15 is 0 Å². The predicted molar refractivity (Wildman–Crippen MR) is 156 cm³/mol. The van der Waals surface area contributed by atoms with Crippen LogP contribution in [0.15, 0.2) is 95.9 Å². The van der Waals surface area contributed by atoms with Crippen LogP contribution in [0.2, 0.25) is 0 Å². The number of rotatable bonds is 10. The molecule has 0 aliphatic carbocycles.